The molecule has 2 aromatic carbocycles. The molecule has 0 radical (unpaired) electrons. The molecule has 1 amide bonds. The molecule has 0 saturated heterocycles. The molecule has 0 saturated carbocycles. The Bertz CT molecular complexity index is 1140. The standard InChI is InChI=1S/C21H18N4O3/c1-27-17-11-10-16(15-9-6-12-22-19(15)17)23-21(26)20-18(28-2)13-25(24-20)14-7-4-3-5-8-14/h3-13H,1-2H3,(H,23,26). The molecule has 28 heavy (non-hydrogen) atoms. The minimum absolute atomic E-state index is 0.194. The van der Waals surface area contributed by atoms with E-state index >= 15 is 0 Å². The average Bonchev–Trinajstić information content (AvgIpc) is 3.19. The summed E-state index contributed by atoms with van der Waals surface area (Å²) >= 11 is 0. The number of anilines is 1. The summed E-state index contributed by atoms with van der Waals surface area (Å²) in [5.74, 6) is 0.652. The number of carbonyl (C=O) groups excluding carboxylic acids is 1. The van der Waals surface area contributed by atoms with Gasteiger partial charge in [-0.2, -0.15) is 5.10 Å². The van der Waals surface area contributed by atoms with Crippen LogP contribution < -0.4 is 14.8 Å². The molecule has 4 rings (SSSR count). The van der Waals surface area contributed by atoms with E-state index in [0.29, 0.717) is 22.7 Å². The number of aromatic nitrogens is 3. The third-order valence-corrected chi connectivity index (χ3v) is 4.34. The SMILES string of the molecule is COc1cn(-c2ccccc2)nc1C(=O)Nc1ccc(OC)c2ncccc12. The fraction of sp³-hybridized carbons (Fsp3) is 0.0952. The van der Waals surface area contributed by atoms with Crippen molar-refractivity contribution in [3.8, 4) is 17.2 Å². The van der Waals surface area contributed by atoms with Crippen LogP contribution in [-0.4, -0.2) is 34.9 Å². The molecule has 0 bridgehead atoms. The Morgan fingerprint density at radius 2 is 1.75 bits per heavy atom. The lowest BCUT2D eigenvalue weighted by Crippen LogP contribution is -2.14. The maximum absolute atomic E-state index is 12.9. The summed E-state index contributed by atoms with van der Waals surface area (Å²) in [6.07, 6.45) is 3.36. The van der Waals surface area contributed by atoms with Crippen LogP contribution in [0.4, 0.5) is 5.69 Å². The molecule has 140 valence electrons. The van der Waals surface area contributed by atoms with Crippen LogP contribution in [0.2, 0.25) is 0 Å². The minimum Gasteiger partial charge on any atom is -0.494 e. The van der Waals surface area contributed by atoms with Gasteiger partial charge >= 0.3 is 0 Å². The number of hydrogen-bond donors (Lipinski definition) is 1. The minimum atomic E-state index is -0.373. The van der Waals surface area contributed by atoms with Gasteiger partial charge in [0.25, 0.3) is 5.91 Å². The summed E-state index contributed by atoms with van der Waals surface area (Å²) in [7, 11) is 3.10. The number of para-hydroxylation sites is 1. The van der Waals surface area contributed by atoms with Gasteiger partial charge in [-0.25, -0.2) is 4.68 Å². The van der Waals surface area contributed by atoms with Gasteiger partial charge in [0.05, 0.1) is 31.8 Å². The van der Waals surface area contributed by atoms with Gasteiger partial charge in [0.1, 0.15) is 11.3 Å². The number of nitrogens with one attached hydrogen (secondary N) is 1. The van der Waals surface area contributed by atoms with E-state index in [1.165, 1.54) is 7.11 Å². The molecule has 0 aliphatic heterocycles. The van der Waals surface area contributed by atoms with Crippen molar-refractivity contribution in [1.29, 1.82) is 0 Å². The van der Waals surface area contributed by atoms with Crippen molar-refractivity contribution in [1.82, 2.24) is 14.8 Å². The number of pyridine rings is 1. The Balaban J connectivity index is 1.70. The monoisotopic (exact) mass is 374 g/mol. The molecule has 2 aromatic heterocycles. The predicted octanol–water partition coefficient (Wildman–Crippen LogP) is 3.69. The highest BCUT2D eigenvalue weighted by Gasteiger charge is 2.20. The van der Waals surface area contributed by atoms with E-state index in [4.69, 9.17) is 9.47 Å². The van der Waals surface area contributed by atoms with Crippen molar-refractivity contribution in [2.75, 3.05) is 19.5 Å². The summed E-state index contributed by atoms with van der Waals surface area (Å²) in [4.78, 5) is 17.3. The third kappa shape index (κ3) is 3.14. The second kappa shape index (κ2) is 7.40. The highest BCUT2D eigenvalue weighted by molar-refractivity contribution is 6.09. The van der Waals surface area contributed by atoms with Gasteiger partial charge in [0.2, 0.25) is 0 Å². The van der Waals surface area contributed by atoms with Crippen molar-refractivity contribution >= 4 is 22.5 Å². The quantitative estimate of drug-likeness (QED) is 0.576. The van der Waals surface area contributed by atoms with Crippen molar-refractivity contribution in [2.45, 2.75) is 0 Å². The number of nitrogens with zero attached hydrogens (tertiary/aromatic N) is 3. The lowest BCUT2D eigenvalue weighted by molar-refractivity contribution is 0.101. The second-order valence-corrected chi connectivity index (χ2v) is 6.00. The molecule has 0 fully saturated rings. The molecule has 0 aliphatic rings. The van der Waals surface area contributed by atoms with Crippen molar-refractivity contribution < 1.29 is 14.3 Å². The molecule has 7 heteroatoms. The van der Waals surface area contributed by atoms with Crippen LogP contribution in [0, 0.1) is 0 Å². The summed E-state index contributed by atoms with van der Waals surface area (Å²) in [5.41, 5.74) is 2.31. The van der Waals surface area contributed by atoms with Crippen molar-refractivity contribution in [3.05, 3.63) is 72.7 Å². The van der Waals surface area contributed by atoms with Gasteiger partial charge in [-0.3, -0.25) is 9.78 Å². The van der Waals surface area contributed by atoms with Gasteiger partial charge < -0.3 is 14.8 Å². The van der Waals surface area contributed by atoms with E-state index in [9.17, 15) is 4.79 Å². The van der Waals surface area contributed by atoms with Gasteiger partial charge in [-0.15, -0.1) is 0 Å². The van der Waals surface area contributed by atoms with Crippen LogP contribution in [0.15, 0.2) is 67.0 Å². The largest absolute Gasteiger partial charge is 0.494 e. The topological polar surface area (TPSA) is 78.3 Å². The number of carbonyl (C=O) groups is 1. The Labute approximate surface area is 161 Å². The lowest BCUT2D eigenvalue weighted by atomic mass is 10.1. The van der Waals surface area contributed by atoms with E-state index in [-0.39, 0.29) is 11.6 Å². The first-order valence-electron chi connectivity index (χ1n) is 8.63. The van der Waals surface area contributed by atoms with Crippen LogP contribution in [-0.2, 0) is 0 Å². The van der Waals surface area contributed by atoms with Gasteiger partial charge in [-0.05, 0) is 36.4 Å². The first-order valence-corrected chi connectivity index (χ1v) is 8.63. The first-order chi connectivity index (χ1) is 13.7. The first kappa shape index (κ1) is 17.5. The lowest BCUT2D eigenvalue weighted by Gasteiger charge is -2.10. The summed E-state index contributed by atoms with van der Waals surface area (Å²) in [6.45, 7) is 0. The van der Waals surface area contributed by atoms with Crippen LogP contribution in [0.5, 0.6) is 11.5 Å². The zero-order valence-corrected chi connectivity index (χ0v) is 15.4. The number of amides is 1. The molecule has 0 aliphatic carbocycles. The highest BCUT2D eigenvalue weighted by Crippen LogP contribution is 2.30. The summed E-state index contributed by atoms with van der Waals surface area (Å²) in [6, 6.07) is 16.8. The third-order valence-electron chi connectivity index (χ3n) is 4.34. The van der Waals surface area contributed by atoms with E-state index in [1.54, 1.807) is 36.3 Å². The maximum atomic E-state index is 12.9. The Morgan fingerprint density at radius 3 is 2.50 bits per heavy atom. The number of fused-ring (bicyclic) bond motifs is 1. The zero-order chi connectivity index (χ0) is 19.5. The second-order valence-electron chi connectivity index (χ2n) is 6.00. The van der Waals surface area contributed by atoms with Crippen LogP contribution >= 0.6 is 0 Å². The zero-order valence-electron chi connectivity index (χ0n) is 15.4. The van der Waals surface area contributed by atoms with Crippen LogP contribution in [0.3, 0.4) is 0 Å². The smallest absolute Gasteiger partial charge is 0.280 e. The van der Waals surface area contributed by atoms with Gasteiger partial charge in [0.15, 0.2) is 11.4 Å². The molecule has 0 atom stereocenters. The average molecular weight is 374 g/mol. The Morgan fingerprint density at radius 1 is 0.964 bits per heavy atom. The van der Waals surface area contributed by atoms with Gasteiger partial charge in [0, 0.05) is 11.6 Å². The molecule has 0 unspecified atom stereocenters. The molecule has 0 spiro atoms. The Hall–Kier alpha value is -3.87. The maximum Gasteiger partial charge on any atom is 0.280 e. The van der Waals surface area contributed by atoms with Crippen molar-refractivity contribution in [3.63, 3.8) is 0 Å². The predicted molar refractivity (Wildman–Crippen MR) is 106 cm³/mol. The number of rotatable bonds is 5. The Kier molecular flexibility index (Phi) is 4.63. The molecule has 2 heterocycles. The molecular formula is C21H18N4O3. The fourth-order valence-corrected chi connectivity index (χ4v) is 2.98. The fourth-order valence-electron chi connectivity index (χ4n) is 2.98. The number of benzene rings is 2. The van der Waals surface area contributed by atoms with Gasteiger partial charge in [-0.1, -0.05) is 18.2 Å². The van der Waals surface area contributed by atoms with E-state index in [0.717, 1.165) is 11.1 Å². The molecule has 4 aromatic rings. The van der Waals surface area contributed by atoms with E-state index < -0.39 is 0 Å². The summed E-state index contributed by atoms with van der Waals surface area (Å²) in [5, 5.41) is 8.08. The van der Waals surface area contributed by atoms with Crippen molar-refractivity contribution in [2.24, 2.45) is 0 Å². The number of ether oxygens (including phenoxy) is 2. The molecule has 7 nitrogen and oxygen atoms in total. The number of methoxy groups -OCH3 is 2. The van der Waals surface area contributed by atoms with Crippen LogP contribution in [0.25, 0.3) is 16.6 Å². The highest BCUT2D eigenvalue weighted by atomic mass is 16.5. The summed E-state index contributed by atoms with van der Waals surface area (Å²) < 4.78 is 12.3. The van der Waals surface area contributed by atoms with Crippen LogP contribution in [0.1, 0.15) is 10.5 Å². The number of hydrogen-bond acceptors (Lipinski definition) is 5. The normalized spacial score (nSPS) is 10.6. The van der Waals surface area contributed by atoms with E-state index in [1.807, 2.05) is 42.5 Å². The van der Waals surface area contributed by atoms with E-state index in [2.05, 4.69) is 15.4 Å². The molecule has 1 N–H and O–H groups in total. The molecular weight excluding hydrogens is 356 g/mol.